The lowest BCUT2D eigenvalue weighted by Gasteiger charge is -2.15. The first-order chi connectivity index (χ1) is 10.6. The molecule has 1 aromatic heterocycles. The molecular weight excluding hydrogens is 304 g/mol. The summed E-state index contributed by atoms with van der Waals surface area (Å²) in [5.74, 6) is -0.420. The molecule has 0 saturated carbocycles. The Labute approximate surface area is 134 Å². The van der Waals surface area contributed by atoms with Crippen molar-refractivity contribution in [2.24, 2.45) is 0 Å². The number of esters is 1. The van der Waals surface area contributed by atoms with Crippen LogP contribution in [0.2, 0.25) is 5.02 Å². The molecule has 2 rings (SSSR count). The van der Waals surface area contributed by atoms with Gasteiger partial charge in [-0.3, -0.25) is 4.98 Å². The normalized spacial score (nSPS) is 10.7. The van der Waals surface area contributed by atoms with E-state index in [9.17, 15) is 4.79 Å². The van der Waals surface area contributed by atoms with Crippen LogP contribution in [0.3, 0.4) is 0 Å². The van der Waals surface area contributed by atoms with Crippen LogP contribution < -0.4 is 5.32 Å². The number of pyridine rings is 1. The lowest BCUT2D eigenvalue weighted by atomic mass is 10.1. The summed E-state index contributed by atoms with van der Waals surface area (Å²) in [6, 6.07) is 3.62. The van der Waals surface area contributed by atoms with Gasteiger partial charge < -0.3 is 15.2 Å². The molecule has 0 amide bonds. The summed E-state index contributed by atoms with van der Waals surface area (Å²) in [4.78, 5) is 16.5. The number of ether oxygens (including phenoxy) is 1. The number of hydrogen-bond donors (Lipinski definition) is 2. The first kappa shape index (κ1) is 16.5. The van der Waals surface area contributed by atoms with E-state index in [1.165, 1.54) is 6.20 Å². The number of fused-ring (bicyclic) bond motifs is 1. The number of aryl methyl sites for hydroxylation is 1. The van der Waals surface area contributed by atoms with Gasteiger partial charge >= 0.3 is 5.97 Å². The third kappa shape index (κ3) is 3.31. The topological polar surface area (TPSA) is 71.5 Å². The van der Waals surface area contributed by atoms with Crippen LogP contribution in [0.1, 0.15) is 29.3 Å². The van der Waals surface area contributed by atoms with Crippen LogP contribution >= 0.6 is 11.6 Å². The Kier molecular flexibility index (Phi) is 5.57. The van der Waals surface area contributed by atoms with Crippen LogP contribution in [-0.2, 0) is 4.74 Å². The summed E-state index contributed by atoms with van der Waals surface area (Å²) in [7, 11) is 0. The van der Waals surface area contributed by atoms with Gasteiger partial charge in [-0.1, -0.05) is 11.6 Å². The Balaban J connectivity index is 2.56. The fourth-order valence-corrected chi connectivity index (χ4v) is 2.38. The molecule has 0 aliphatic carbocycles. The Bertz CT molecular complexity index is 689. The highest BCUT2D eigenvalue weighted by Gasteiger charge is 2.17. The molecule has 0 spiro atoms. The van der Waals surface area contributed by atoms with Crippen molar-refractivity contribution in [3.63, 3.8) is 0 Å². The molecule has 6 heteroatoms. The van der Waals surface area contributed by atoms with Crippen LogP contribution in [0, 0.1) is 6.92 Å². The zero-order valence-corrected chi connectivity index (χ0v) is 13.4. The van der Waals surface area contributed by atoms with Crippen molar-refractivity contribution >= 4 is 34.2 Å². The van der Waals surface area contributed by atoms with Crippen molar-refractivity contribution in [2.45, 2.75) is 20.3 Å². The Morgan fingerprint density at radius 1 is 1.45 bits per heavy atom. The molecule has 0 unspecified atom stereocenters. The number of nitrogens with one attached hydrogen (secondary N) is 1. The third-order valence-electron chi connectivity index (χ3n) is 3.36. The second-order valence-corrected chi connectivity index (χ2v) is 5.25. The smallest absolute Gasteiger partial charge is 0.341 e. The number of carbonyl (C=O) groups excluding carboxylic acids is 1. The van der Waals surface area contributed by atoms with Crippen molar-refractivity contribution in [3.8, 4) is 0 Å². The van der Waals surface area contributed by atoms with Crippen LogP contribution in [-0.4, -0.2) is 35.8 Å². The molecule has 0 aliphatic heterocycles. The van der Waals surface area contributed by atoms with Gasteiger partial charge in [0, 0.05) is 29.8 Å². The number of aromatic nitrogens is 1. The molecule has 0 radical (unpaired) electrons. The van der Waals surface area contributed by atoms with E-state index in [1.807, 2.05) is 13.0 Å². The molecule has 2 aromatic rings. The second kappa shape index (κ2) is 7.42. The van der Waals surface area contributed by atoms with Crippen molar-refractivity contribution in [3.05, 3.63) is 34.5 Å². The highest BCUT2D eigenvalue weighted by atomic mass is 35.5. The van der Waals surface area contributed by atoms with E-state index in [0.717, 1.165) is 16.5 Å². The van der Waals surface area contributed by atoms with Gasteiger partial charge in [-0.15, -0.1) is 0 Å². The predicted molar refractivity (Wildman–Crippen MR) is 87.6 cm³/mol. The minimum atomic E-state index is -0.420. The molecule has 118 valence electrons. The largest absolute Gasteiger partial charge is 0.462 e. The van der Waals surface area contributed by atoms with Gasteiger partial charge in [-0.05, 0) is 38.0 Å². The number of benzene rings is 1. The molecule has 0 bridgehead atoms. The number of aliphatic hydroxyl groups is 1. The van der Waals surface area contributed by atoms with Crippen LogP contribution in [0.15, 0.2) is 18.3 Å². The maximum absolute atomic E-state index is 12.1. The Morgan fingerprint density at radius 3 is 2.91 bits per heavy atom. The maximum atomic E-state index is 12.1. The van der Waals surface area contributed by atoms with E-state index in [0.29, 0.717) is 35.8 Å². The number of nitrogens with zero attached hydrogens (tertiary/aromatic N) is 1. The number of hydrogen-bond acceptors (Lipinski definition) is 5. The number of aliphatic hydroxyl groups excluding tert-OH is 1. The van der Waals surface area contributed by atoms with Crippen molar-refractivity contribution < 1.29 is 14.6 Å². The molecule has 5 nitrogen and oxygen atoms in total. The van der Waals surface area contributed by atoms with E-state index in [1.54, 1.807) is 13.0 Å². The first-order valence-corrected chi connectivity index (χ1v) is 7.57. The van der Waals surface area contributed by atoms with E-state index >= 15 is 0 Å². The molecule has 0 saturated heterocycles. The van der Waals surface area contributed by atoms with E-state index in [2.05, 4.69) is 10.3 Å². The van der Waals surface area contributed by atoms with Crippen molar-refractivity contribution in [1.82, 2.24) is 4.98 Å². The summed E-state index contributed by atoms with van der Waals surface area (Å²) in [6.45, 7) is 4.57. The average molecular weight is 323 g/mol. The molecule has 1 heterocycles. The molecular formula is C16H19ClN2O3. The van der Waals surface area contributed by atoms with Gasteiger partial charge in [0.05, 0.1) is 17.8 Å². The zero-order valence-electron chi connectivity index (χ0n) is 12.6. The van der Waals surface area contributed by atoms with Gasteiger partial charge in [0.2, 0.25) is 0 Å². The minimum absolute atomic E-state index is 0.0790. The average Bonchev–Trinajstić information content (AvgIpc) is 2.51. The minimum Gasteiger partial charge on any atom is -0.462 e. The van der Waals surface area contributed by atoms with Crippen molar-refractivity contribution in [2.75, 3.05) is 25.1 Å². The second-order valence-electron chi connectivity index (χ2n) is 4.84. The van der Waals surface area contributed by atoms with E-state index < -0.39 is 5.97 Å². The third-order valence-corrected chi connectivity index (χ3v) is 3.77. The zero-order chi connectivity index (χ0) is 16.1. The molecule has 2 N–H and O–H groups in total. The quantitative estimate of drug-likeness (QED) is 0.631. The first-order valence-electron chi connectivity index (χ1n) is 7.19. The summed E-state index contributed by atoms with van der Waals surface area (Å²) in [6.07, 6.45) is 2.09. The molecule has 0 aliphatic rings. The summed E-state index contributed by atoms with van der Waals surface area (Å²) in [5, 5.41) is 13.6. The van der Waals surface area contributed by atoms with Crippen LogP contribution in [0.25, 0.3) is 10.9 Å². The highest BCUT2D eigenvalue weighted by molar-refractivity contribution is 6.32. The lowest BCUT2D eigenvalue weighted by molar-refractivity contribution is 0.0527. The van der Waals surface area contributed by atoms with Crippen molar-refractivity contribution in [1.29, 1.82) is 0 Å². The fraction of sp³-hybridized carbons (Fsp3) is 0.375. The molecule has 0 fully saturated rings. The SMILES string of the molecule is CCOC(=O)c1cnc2c(C)c(Cl)ccc2c1NCCCO. The van der Waals surface area contributed by atoms with E-state index in [-0.39, 0.29) is 6.61 Å². The van der Waals surface area contributed by atoms with Crippen LogP contribution in [0.5, 0.6) is 0 Å². The maximum Gasteiger partial charge on any atom is 0.341 e. The summed E-state index contributed by atoms with van der Waals surface area (Å²) in [5.41, 5.74) is 2.65. The van der Waals surface area contributed by atoms with Gasteiger partial charge in [0.1, 0.15) is 5.56 Å². The Morgan fingerprint density at radius 2 is 2.23 bits per heavy atom. The lowest BCUT2D eigenvalue weighted by Crippen LogP contribution is -2.12. The van der Waals surface area contributed by atoms with Gasteiger partial charge in [0.15, 0.2) is 0 Å². The highest BCUT2D eigenvalue weighted by Crippen LogP contribution is 2.31. The summed E-state index contributed by atoms with van der Waals surface area (Å²) >= 11 is 6.13. The molecule has 1 aromatic carbocycles. The fourth-order valence-electron chi connectivity index (χ4n) is 2.23. The predicted octanol–water partition coefficient (Wildman–Crippen LogP) is 3.17. The number of carbonyl (C=O) groups is 1. The van der Waals surface area contributed by atoms with Gasteiger partial charge in [-0.25, -0.2) is 4.79 Å². The van der Waals surface area contributed by atoms with Gasteiger partial charge in [0.25, 0.3) is 0 Å². The molecule has 22 heavy (non-hydrogen) atoms. The van der Waals surface area contributed by atoms with Crippen LogP contribution in [0.4, 0.5) is 5.69 Å². The summed E-state index contributed by atoms with van der Waals surface area (Å²) < 4.78 is 5.08. The Hall–Kier alpha value is -1.85. The molecule has 0 atom stereocenters. The standard InChI is InChI=1S/C16H19ClN2O3/c1-3-22-16(21)12-9-19-14-10(2)13(17)6-5-11(14)15(12)18-7-4-8-20/h5-6,9,20H,3-4,7-8H2,1-2H3,(H,18,19). The number of rotatable bonds is 6. The number of anilines is 1. The van der Waals surface area contributed by atoms with Gasteiger partial charge in [-0.2, -0.15) is 0 Å². The monoisotopic (exact) mass is 322 g/mol. The van der Waals surface area contributed by atoms with E-state index in [4.69, 9.17) is 21.4 Å². The number of halogens is 1.